The highest BCUT2D eigenvalue weighted by Crippen LogP contribution is 2.41. The predicted molar refractivity (Wildman–Crippen MR) is 68.2 cm³/mol. The molecule has 1 heterocycles. The van der Waals surface area contributed by atoms with Gasteiger partial charge in [0.1, 0.15) is 6.10 Å². The van der Waals surface area contributed by atoms with Crippen LogP contribution in [0.25, 0.3) is 0 Å². The van der Waals surface area contributed by atoms with Crippen molar-refractivity contribution in [1.82, 2.24) is 3.93 Å². The van der Waals surface area contributed by atoms with E-state index < -0.39 is 0 Å². The lowest BCUT2D eigenvalue weighted by molar-refractivity contribution is -0.149. The fraction of sp³-hybridized carbons (Fsp3) is 0.750. The van der Waals surface area contributed by atoms with Crippen molar-refractivity contribution < 1.29 is 9.53 Å². The SMILES string of the molecule is C=CC(=O)OC1CC(C)(C)N(Br)C(C)(C)C1. The van der Waals surface area contributed by atoms with Gasteiger partial charge >= 0.3 is 5.97 Å². The number of ether oxygens (including phenoxy) is 1. The van der Waals surface area contributed by atoms with Crippen molar-refractivity contribution >= 4 is 22.1 Å². The summed E-state index contributed by atoms with van der Waals surface area (Å²) in [4.78, 5) is 11.2. The summed E-state index contributed by atoms with van der Waals surface area (Å²) in [5.74, 6) is -0.334. The molecule has 1 fully saturated rings. The van der Waals surface area contributed by atoms with Crippen LogP contribution in [0.3, 0.4) is 0 Å². The lowest BCUT2D eigenvalue weighted by Crippen LogP contribution is -2.57. The van der Waals surface area contributed by atoms with Crippen molar-refractivity contribution in [2.75, 3.05) is 0 Å². The summed E-state index contributed by atoms with van der Waals surface area (Å²) in [5, 5.41) is 0. The average Bonchev–Trinajstić information content (AvgIpc) is 2.13. The van der Waals surface area contributed by atoms with Crippen molar-refractivity contribution in [2.24, 2.45) is 0 Å². The van der Waals surface area contributed by atoms with Gasteiger partial charge in [0.2, 0.25) is 0 Å². The molecule has 1 aliphatic heterocycles. The van der Waals surface area contributed by atoms with Crippen LogP contribution in [0.1, 0.15) is 40.5 Å². The maximum Gasteiger partial charge on any atom is 0.330 e. The van der Waals surface area contributed by atoms with Gasteiger partial charge in [-0.3, -0.25) is 0 Å². The van der Waals surface area contributed by atoms with E-state index in [0.29, 0.717) is 0 Å². The van der Waals surface area contributed by atoms with Gasteiger partial charge in [0.15, 0.2) is 0 Å². The first-order valence-electron chi connectivity index (χ1n) is 5.48. The third kappa shape index (κ3) is 2.86. The zero-order chi connectivity index (χ0) is 12.6. The molecule has 0 saturated carbocycles. The quantitative estimate of drug-likeness (QED) is 0.445. The molecule has 1 saturated heterocycles. The van der Waals surface area contributed by atoms with Gasteiger partial charge in [0.25, 0.3) is 0 Å². The van der Waals surface area contributed by atoms with Crippen LogP contribution in [0.15, 0.2) is 12.7 Å². The Morgan fingerprint density at radius 1 is 1.38 bits per heavy atom. The van der Waals surface area contributed by atoms with E-state index in [9.17, 15) is 4.79 Å². The second-order valence-corrected chi connectivity index (χ2v) is 6.29. The fourth-order valence-corrected chi connectivity index (χ4v) is 2.75. The maximum atomic E-state index is 11.2. The van der Waals surface area contributed by atoms with Crippen LogP contribution in [0.2, 0.25) is 0 Å². The van der Waals surface area contributed by atoms with E-state index in [0.717, 1.165) is 12.8 Å². The molecular formula is C12H20BrNO2. The summed E-state index contributed by atoms with van der Waals surface area (Å²) < 4.78 is 7.53. The second kappa shape index (κ2) is 4.49. The van der Waals surface area contributed by atoms with Crippen LogP contribution in [0.5, 0.6) is 0 Å². The molecule has 0 unspecified atom stereocenters. The van der Waals surface area contributed by atoms with Gasteiger partial charge in [-0.25, -0.2) is 8.72 Å². The first-order valence-corrected chi connectivity index (χ1v) is 6.19. The number of carbonyl (C=O) groups excluding carboxylic acids is 1. The molecule has 0 aromatic rings. The van der Waals surface area contributed by atoms with Crippen molar-refractivity contribution in [1.29, 1.82) is 0 Å². The number of hydrogen-bond acceptors (Lipinski definition) is 3. The Bertz CT molecular complexity index is 281. The Kier molecular flexibility index (Phi) is 3.85. The Balaban J connectivity index is 2.78. The normalized spacial score (nSPS) is 25.1. The topological polar surface area (TPSA) is 29.5 Å². The van der Waals surface area contributed by atoms with E-state index in [1.165, 1.54) is 6.08 Å². The Hall–Kier alpha value is -0.350. The monoisotopic (exact) mass is 289 g/mol. The van der Waals surface area contributed by atoms with Crippen LogP contribution in [-0.4, -0.2) is 27.1 Å². The van der Waals surface area contributed by atoms with Crippen molar-refractivity contribution in [3.05, 3.63) is 12.7 Å². The predicted octanol–water partition coefficient (Wildman–Crippen LogP) is 3.05. The van der Waals surface area contributed by atoms with Crippen molar-refractivity contribution in [3.8, 4) is 0 Å². The Labute approximate surface area is 106 Å². The van der Waals surface area contributed by atoms with Gasteiger partial charge in [0, 0.05) is 46.1 Å². The number of piperidine rings is 1. The molecule has 0 bridgehead atoms. The van der Waals surface area contributed by atoms with E-state index in [-0.39, 0.29) is 23.2 Å². The van der Waals surface area contributed by atoms with E-state index in [2.05, 4.69) is 54.3 Å². The van der Waals surface area contributed by atoms with Gasteiger partial charge in [-0.15, -0.1) is 0 Å². The molecule has 0 amide bonds. The molecule has 16 heavy (non-hydrogen) atoms. The first kappa shape index (κ1) is 13.7. The molecule has 0 N–H and O–H groups in total. The van der Waals surface area contributed by atoms with Crippen LogP contribution in [0, 0.1) is 0 Å². The highest BCUT2D eigenvalue weighted by molar-refractivity contribution is 9.07. The zero-order valence-corrected chi connectivity index (χ0v) is 12.0. The summed E-state index contributed by atoms with van der Waals surface area (Å²) in [6, 6.07) is 0. The molecule has 0 radical (unpaired) electrons. The third-order valence-corrected chi connectivity index (χ3v) is 4.89. The van der Waals surface area contributed by atoms with E-state index in [4.69, 9.17) is 4.74 Å². The van der Waals surface area contributed by atoms with Gasteiger partial charge in [-0.05, 0) is 27.7 Å². The number of carbonyl (C=O) groups is 1. The van der Waals surface area contributed by atoms with Crippen molar-refractivity contribution in [2.45, 2.75) is 57.7 Å². The first-order chi connectivity index (χ1) is 7.19. The molecule has 3 nitrogen and oxygen atoms in total. The van der Waals surface area contributed by atoms with Gasteiger partial charge in [-0.2, -0.15) is 0 Å². The third-order valence-electron chi connectivity index (χ3n) is 2.97. The van der Waals surface area contributed by atoms with E-state index >= 15 is 0 Å². The lowest BCUT2D eigenvalue weighted by atomic mass is 9.81. The maximum absolute atomic E-state index is 11.2. The number of nitrogens with zero attached hydrogens (tertiary/aromatic N) is 1. The van der Waals surface area contributed by atoms with E-state index in [1.54, 1.807) is 0 Å². The summed E-state index contributed by atoms with van der Waals surface area (Å²) in [5.41, 5.74) is -0.0677. The number of esters is 1. The van der Waals surface area contributed by atoms with Crippen LogP contribution in [-0.2, 0) is 9.53 Å². The number of hydrogen-bond donors (Lipinski definition) is 0. The molecule has 0 atom stereocenters. The summed E-state index contributed by atoms with van der Waals surface area (Å²) in [7, 11) is 0. The highest BCUT2D eigenvalue weighted by atomic mass is 79.9. The fourth-order valence-electron chi connectivity index (χ4n) is 2.46. The molecule has 0 aromatic carbocycles. The molecule has 0 spiro atoms. The molecule has 4 heteroatoms. The highest BCUT2D eigenvalue weighted by Gasteiger charge is 2.45. The summed E-state index contributed by atoms with van der Waals surface area (Å²) in [6.45, 7) is 12.0. The largest absolute Gasteiger partial charge is 0.459 e. The Morgan fingerprint density at radius 3 is 2.19 bits per heavy atom. The minimum absolute atomic E-state index is 0.0339. The Morgan fingerprint density at radius 2 is 1.81 bits per heavy atom. The van der Waals surface area contributed by atoms with Gasteiger partial charge in [-0.1, -0.05) is 6.58 Å². The second-order valence-electron chi connectivity index (χ2n) is 5.58. The van der Waals surface area contributed by atoms with Gasteiger partial charge < -0.3 is 4.74 Å². The standard InChI is InChI=1S/C12H20BrNO2/c1-6-10(15)16-9-7-11(2,3)14(13)12(4,5)8-9/h6,9H,1,7-8H2,2-5H3. The molecule has 0 aliphatic carbocycles. The van der Waals surface area contributed by atoms with Crippen LogP contribution >= 0.6 is 16.1 Å². The van der Waals surface area contributed by atoms with E-state index in [1.807, 2.05) is 0 Å². The van der Waals surface area contributed by atoms with Gasteiger partial charge in [0.05, 0.1) is 0 Å². The minimum atomic E-state index is -0.334. The van der Waals surface area contributed by atoms with Crippen molar-refractivity contribution in [3.63, 3.8) is 0 Å². The smallest absolute Gasteiger partial charge is 0.330 e. The summed E-state index contributed by atoms with van der Waals surface area (Å²) in [6.07, 6.45) is 2.83. The summed E-state index contributed by atoms with van der Waals surface area (Å²) >= 11 is 3.61. The zero-order valence-electron chi connectivity index (χ0n) is 10.4. The van der Waals surface area contributed by atoms with Crippen LogP contribution in [0.4, 0.5) is 0 Å². The number of rotatable bonds is 2. The average molecular weight is 290 g/mol. The molecule has 1 aliphatic rings. The number of halogens is 1. The minimum Gasteiger partial charge on any atom is -0.459 e. The molecular weight excluding hydrogens is 270 g/mol. The lowest BCUT2D eigenvalue weighted by Gasteiger charge is -2.51. The molecule has 92 valence electrons. The van der Waals surface area contributed by atoms with Crippen LogP contribution < -0.4 is 0 Å². The molecule has 0 aromatic heterocycles. The molecule has 1 rings (SSSR count).